The lowest BCUT2D eigenvalue weighted by Gasteiger charge is -2.29. The number of phenolic OH excluding ortho intramolecular Hbond substituents is 3. The van der Waals surface area contributed by atoms with Crippen LogP contribution in [0.1, 0.15) is 94.9 Å². The van der Waals surface area contributed by atoms with E-state index in [0.29, 0.717) is 41.6 Å². The van der Waals surface area contributed by atoms with Gasteiger partial charge in [-0.15, -0.1) is 0 Å². The summed E-state index contributed by atoms with van der Waals surface area (Å²) in [5.74, 6) is -15.0. The Morgan fingerprint density at radius 3 is 0.979 bits per heavy atom. The van der Waals surface area contributed by atoms with E-state index in [9.17, 15) is 93.3 Å². The molecule has 0 spiro atoms. The van der Waals surface area contributed by atoms with E-state index in [1.165, 1.54) is 72.8 Å². The molecule has 4 aromatic carbocycles. The summed E-state index contributed by atoms with van der Waals surface area (Å²) in [4.78, 5) is 163. The molecular weight excluding hydrogens is 1240 g/mol. The minimum Gasteiger partial charge on any atom is -0.508 e. The van der Waals surface area contributed by atoms with Crippen LogP contribution >= 0.6 is 0 Å². The zero-order valence-electron chi connectivity index (χ0n) is 53.1. The predicted octanol–water partition coefficient (Wildman–Crippen LogP) is -0.988. The largest absolute Gasteiger partial charge is 0.508 e. The van der Waals surface area contributed by atoms with Crippen LogP contribution in [0, 0.1) is 11.8 Å². The summed E-state index contributed by atoms with van der Waals surface area (Å²) >= 11 is 0. The van der Waals surface area contributed by atoms with Gasteiger partial charge in [-0.3, -0.25) is 52.7 Å². The van der Waals surface area contributed by atoms with Crippen molar-refractivity contribution in [2.24, 2.45) is 23.3 Å². The molecule has 4 aromatic rings. The first kappa shape index (κ1) is 77.2. The number of carbonyl (C=O) groups excluding carboxylic acids is 9. The SMILES string of the molecule is CC(C)C[C@H](NC(=O)[C@H](CC(C)C)NC(=O)[C@H](Cc1ccc(O)cc1)NC(=O)[C@H](Cc1ccccc1)NC(=O)[C@H](CO)NC(=O)[C@H](CC(=O)O)NC(=O)[C@@H](N)CCCCN)C(=O)N[C@@H](Cc1ccc(O)cc1)C(=O)N[C@@H](Cc1ccc(O)cc1)C(=O)N[C@@H](CC(=O)O)C(=O)O. The van der Waals surface area contributed by atoms with Gasteiger partial charge >= 0.3 is 17.9 Å². The van der Waals surface area contributed by atoms with E-state index in [1.807, 2.05) is 0 Å². The van der Waals surface area contributed by atoms with Crippen LogP contribution in [0.5, 0.6) is 17.2 Å². The third-order valence-corrected chi connectivity index (χ3v) is 14.7. The molecule has 0 saturated carbocycles. The van der Waals surface area contributed by atoms with Crippen molar-refractivity contribution < 1.29 is 93.3 Å². The summed E-state index contributed by atoms with van der Waals surface area (Å²) in [5, 5.41) is 91.6. The number of aliphatic carboxylic acids is 3. The zero-order chi connectivity index (χ0) is 70.5. The topological polar surface area (TPSA) is 507 Å². The van der Waals surface area contributed by atoms with E-state index >= 15 is 0 Å². The zero-order valence-corrected chi connectivity index (χ0v) is 53.1. The van der Waals surface area contributed by atoms with Crippen LogP contribution in [0.2, 0.25) is 0 Å². The van der Waals surface area contributed by atoms with Crippen molar-refractivity contribution in [3.8, 4) is 17.2 Å². The number of phenols is 3. The molecule has 0 heterocycles. The number of hydrogen-bond acceptors (Lipinski definition) is 18. The standard InChI is InChI=1S/C65H87N11O19/c1-35(2)26-45(57(86)69-46(27-36(3)4)58(87)71-49(30-39-15-21-42(79)22-16-39)61(90)73-50(31-40-17-23-43(80)24-18-40)62(91)75-52(65(94)95)33-55(83)84)70-59(88)48(29-38-13-19-41(78)20-14-38)72-60(89)47(28-37-10-6-5-7-11-37)74-64(93)53(34-77)76-63(92)51(32-54(81)82)68-56(85)44(67)12-8-9-25-66/h5-7,10-11,13-24,35-36,44-53,77-80H,8-9,12,25-34,66-67H2,1-4H3,(H,68,85)(H,69,86)(H,70,88)(H,71,87)(H,72,89)(H,73,90)(H,74,93)(H,75,91)(H,76,92)(H,81,82)(H,83,84)(H,94,95)/t44-,45-,46-,47-,48-,49-,50-,51-,52-,53-/m0/s1. The molecule has 516 valence electrons. The maximum absolute atomic E-state index is 14.8. The number of benzene rings is 4. The molecule has 30 nitrogen and oxygen atoms in total. The highest BCUT2D eigenvalue weighted by Gasteiger charge is 2.37. The fraction of sp³-hybridized carbons (Fsp3) is 0.446. The molecule has 0 bridgehead atoms. The number of carbonyl (C=O) groups is 12. The Morgan fingerprint density at radius 2 is 0.653 bits per heavy atom. The first-order chi connectivity index (χ1) is 44.9. The summed E-state index contributed by atoms with van der Waals surface area (Å²) in [6.07, 6.45) is -2.18. The lowest BCUT2D eigenvalue weighted by molar-refractivity contribution is -0.147. The maximum Gasteiger partial charge on any atom is 0.326 e. The third-order valence-electron chi connectivity index (χ3n) is 14.7. The van der Waals surface area contributed by atoms with Gasteiger partial charge in [0.25, 0.3) is 0 Å². The summed E-state index contributed by atoms with van der Waals surface area (Å²) < 4.78 is 0. The number of hydrogen-bond donors (Lipinski definition) is 18. The van der Waals surface area contributed by atoms with Gasteiger partial charge in [-0.25, -0.2) is 4.79 Å². The Balaban J connectivity index is 1.67. The highest BCUT2D eigenvalue weighted by molar-refractivity contribution is 5.99. The monoisotopic (exact) mass is 1330 g/mol. The van der Waals surface area contributed by atoms with E-state index in [4.69, 9.17) is 11.5 Å². The van der Waals surface area contributed by atoms with Gasteiger partial charge in [-0.1, -0.05) is 101 Å². The van der Waals surface area contributed by atoms with Crippen LogP contribution in [0.4, 0.5) is 0 Å². The third kappa shape index (κ3) is 27.5. The number of carboxylic acid groups (broad SMARTS) is 3. The smallest absolute Gasteiger partial charge is 0.326 e. The summed E-state index contributed by atoms with van der Waals surface area (Å²) in [7, 11) is 0. The van der Waals surface area contributed by atoms with Crippen molar-refractivity contribution in [1.82, 2.24) is 47.9 Å². The van der Waals surface area contributed by atoms with E-state index in [0.717, 1.165) is 0 Å². The molecule has 4 rings (SSSR count). The fourth-order valence-corrected chi connectivity index (χ4v) is 9.75. The number of aliphatic hydroxyl groups is 1. The Kier molecular flexibility index (Phi) is 31.5. The van der Waals surface area contributed by atoms with Gasteiger partial charge in [-0.2, -0.15) is 0 Å². The van der Waals surface area contributed by atoms with Crippen LogP contribution in [-0.2, 0) is 83.2 Å². The average Bonchev–Trinajstić information content (AvgIpc) is 0.969. The molecule has 0 aliphatic rings. The minimum absolute atomic E-state index is 0.0708. The highest BCUT2D eigenvalue weighted by atomic mass is 16.4. The van der Waals surface area contributed by atoms with Crippen molar-refractivity contribution in [2.45, 2.75) is 159 Å². The molecule has 20 N–H and O–H groups in total. The molecule has 0 saturated heterocycles. The Bertz CT molecular complexity index is 3250. The number of amides is 9. The number of aliphatic hydroxyl groups excluding tert-OH is 1. The van der Waals surface area contributed by atoms with Crippen LogP contribution < -0.4 is 59.3 Å². The van der Waals surface area contributed by atoms with Crippen LogP contribution in [0.25, 0.3) is 0 Å². The summed E-state index contributed by atoms with van der Waals surface area (Å²) in [6, 6.07) is 8.69. The molecule has 0 fully saturated rings. The second-order valence-electron chi connectivity index (χ2n) is 23.7. The second-order valence-corrected chi connectivity index (χ2v) is 23.7. The first-order valence-electron chi connectivity index (χ1n) is 30.8. The van der Waals surface area contributed by atoms with Crippen LogP contribution in [0.3, 0.4) is 0 Å². The van der Waals surface area contributed by atoms with Crippen molar-refractivity contribution in [3.63, 3.8) is 0 Å². The van der Waals surface area contributed by atoms with Gasteiger partial charge in [0.2, 0.25) is 53.2 Å². The molecule has 9 amide bonds. The normalized spacial score (nSPS) is 14.3. The number of carboxylic acids is 3. The van der Waals surface area contributed by atoms with E-state index in [2.05, 4.69) is 47.9 Å². The van der Waals surface area contributed by atoms with Crippen molar-refractivity contribution in [2.75, 3.05) is 13.2 Å². The molecule has 30 heteroatoms. The Hall–Kier alpha value is -10.2. The molecular formula is C65H87N11O19. The number of unbranched alkanes of at least 4 members (excludes halogenated alkanes) is 1. The van der Waals surface area contributed by atoms with E-state index in [-0.39, 0.29) is 74.0 Å². The lowest BCUT2D eigenvalue weighted by Crippen LogP contribution is -2.61. The minimum atomic E-state index is -1.93. The molecule has 10 atom stereocenters. The van der Waals surface area contributed by atoms with Gasteiger partial charge in [0.15, 0.2) is 0 Å². The number of aromatic hydroxyl groups is 3. The Labute approximate surface area is 548 Å². The van der Waals surface area contributed by atoms with E-state index in [1.54, 1.807) is 58.0 Å². The van der Waals surface area contributed by atoms with Gasteiger partial charge in [0.05, 0.1) is 25.5 Å². The maximum atomic E-state index is 14.8. The van der Waals surface area contributed by atoms with Crippen molar-refractivity contribution >= 4 is 71.1 Å². The molecule has 0 unspecified atom stereocenters. The average molecular weight is 1330 g/mol. The second kappa shape index (κ2) is 38.7. The van der Waals surface area contributed by atoms with Gasteiger partial charge in [-0.05, 0) is 103 Å². The number of nitrogens with two attached hydrogens (primary N) is 2. The fourth-order valence-electron chi connectivity index (χ4n) is 9.75. The molecule has 95 heavy (non-hydrogen) atoms. The predicted molar refractivity (Wildman–Crippen MR) is 342 cm³/mol. The Morgan fingerprint density at radius 1 is 0.368 bits per heavy atom. The van der Waals surface area contributed by atoms with Gasteiger partial charge < -0.3 is 95.1 Å². The van der Waals surface area contributed by atoms with Crippen LogP contribution in [0.15, 0.2) is 103 Å². The number of nitrogens with one attached hydrogen (secondary N) is 9. The molecule has 0 aromatic heterocycles. The molecule has 0 aliphatic carbocycles. The molecule has 0 radical (unpaired) electrons. The summed E-state index contributed by atoms with van der Waals surface area (Å²) in [5.41, 5.74) is 13.1. The number of rotatable bonds is 40. The summed E-state index contributed by atoms with van der Waals surface area (Å²) in [6.45, 7) is 6.17. The van der Waals surface area contributed by atoms with Gasteiger partial charge in [0, 0.05) is 25.7 Å². The van der Waals surface area contributed by atoms with Crippen molar-refractivity contribution in [3.05, 3.63) is 125 Å². The quantitative estimate of drug-likeness (QED) is 0.0238. The van der Waals surface area contributed by atoms with Crippen molar-refractivity contribution in [1.29, 1.82) is 0 Å². The van der Waals surface area contributed by atoms with E-state index < -0.39 is 151 Å². The highest BCUT2D eigenvalue weighted by Crippen LogP contribution is 2.18. The first-order valence-corrected chi connectivity index (χ1v) is 30.8. The molecule has 0 aliphatic heterocycles. The lowest BCUT2D eigenvalue weighted by atomic mass is 9.98. The van der Waals surface area contributed by atoms with Crippen LogP contribution in [-0.4, -0.2) is 180 Å². The van der Waals surface area contributed by atoms with Gasteiger partial charge in [0.1, 0.15) is 71.6 Å².